The van der Waals surface area contributed by atoms with E-state index in [9.17, 15) is 9.59 Å². The summed E-state index contributed by atoms with van der Waals surface area (Å²) in [5, 5.41) is 0. The maximum atomic E-state index is 9.56. The van der Waals surface area contributed by atoms with E-state index in [4.69, 9.17) is 0 Å². The molecule has 4 heteroatoms. The number of carbonyl (C=O) groups is 2. The van der Waals surface area contributed by atoms with Crippen LogP contribution in [0.5, 0.6) is 0 Å². The Kier molecular flexibility index (Phi) is 29.7. The van der Waals surface area contributed by atoms with Crippen LogP contribution < -0.4 is 12.4 Å². The van der Waals surface area contributed by atoms with Gasteiger partial charge < -0.3 is 26.5 Å². The second-order valence-electron chi connectivity index (χ2n) is 8.18. The topological polar surface area (TPSA) is 34.1 Å². The van der Waals surface area contributed by atoms with Crippen LogP contribution in [0, 0.1) is 0 Å². The van der Waals surface area contributed by atoms with Crippen LogP contribution in [0.25, 0.3) is 0 Å². The highest BCUT2D eigenvalue weighted by Gasteiger charge is 2.13. The molecule has 0 amide bonds. The Morgan fingerprint density at radius 2 is 0.889 bits per heavy atom. The van der Waals surface area contributed by atoms with Gasteiger partial charge >= 0.3 is 0 Å². The van der Waals surface area contributed by atoms with E-state index in [2.05, 4.69) is 27.9 Å². The van der Waals surface area contributed by atoms with Crippen molar-refractivity contribution in [3.8, 4) is 0 Å². The normalized spacial score (nSPS) is 10.5. The molecular weight excluding hydrogens is 358 g/mol. The van der Waals surface area contributed by atoms with Gasteiger partial charge in [0.15, 0.2) is 0 Å². The van der Waals surface area contributed by atoms with Crippen LogP contribution in [0.4, 0.5) is 0 Å². The summed E-state index contributed by atoms with van der Waals surface area (Å²) in [4.78, 5) is 19.1. The largest absolute Gasteiger partial charge is 1.00 e. The lowest BCUT2D eigenvalue weighted by molar-refractivity contribution is -0.890. The van der Waals surface area contributed by atoms with E-state index in [1.54, 1.807) is 0 Å². The summed E-state index contributed by atoms with van der Waals surface area (Å²) in [5.41, 5.74) is 0. The van der Waals surface area contributed by atoms with Gasteiger partial charge in [-0.1, -0.05) is 65.2 Å². The molecule has 0 saturated heterocycles. The minimum Gasteiger partial charge on any atom is -1.00 e. The predicted molar refractivity (Wildman–Crippen MR) is 115 cm³/mol. The predicted octanol–water partition coefficient (Wildman–Crippen LogP) is 3.34. The van der Waals surface area contributed by atoms with Gasteiger partial charge in [0.25, 0.3) is 0 Å². The summed E-state index contributed by atoms with van der Waals surface area (Å²) < 4.78 is 1.24. The van der Waals surface area contributed by atoms with Crippen LogP contribution in [0.1, 0.15) is 110 Å². The summed E-state index contributed by atoms with van der Waals surface area (Å²) in [7, 11) is 4.83. The van der Waals surface area contributed by atoms with Gasteiger partial charge in [-0.15, -0.1) is 0 Å². The number of nitrogens with zero attached hydrogens (tertiary/aromatic N) is 1. The molecule has 0 radical (unpaired) electrons. The van der Waals surface area contributed by atoms with Gasteiger partial charge in [-0.2, -0.15) is 0 Å². The standard InChI is InChI=1S/C18H40N.C5H8O2.ClH/c1-5-7-9-11-13-15-17-19(3,4)18-16-14-12-10-8-6-2;6-4-2-1-3-5-7;/h5-18H2,1-4H3;4-5H,1-3H2;1H/q+1;;/p-1. The Bertz CT molecular complexity index is 270. The van der Waals surface area contributed by atoms with E-state index < -0.39 is 0 Å². The number of hydrogen-bond donors (Lipinski definition) is 0. The van der Waals surface area contributed by atoms with Crippen LogP contribution in [0.3, 0.4) is 0 Å². The minimum atomic E-state index is 0. The molecule has 0 aliphatic carbocycles. The van der Waals surface area contributed by atoms with E-state index >= 15 is 0 Å². The molecule has 0 N–H and O–H groups in total. The molecule has 0 aliphatic heterocycles. The molecule has 0 rings (SSSR count). The van der Waals surface area contributed by atoms with Gasteiger partial charge in [0, 0.05) is 12.8 Å². The quantitative estimate of drug-likeness (QED) is 0.199. The molecule has 0 aromatic rings. The number of aldehydes is 2. The zero-order valence-corrected chi connectivity index (χ0v) is 19.6. The Labute approximate surface area is 176 Å². The van der Waals surface area contributed by atoms with Gasteiger partial charge in [0.2, 0.25) is 0 Å². The monoisotopic (exact) mass is 405 g/mol. The zero-order valence-electron chi connectivity index (χ0n) is 18.8. The van der Waals surface area contributed by atoms with Crippen molar-refractivity contribution < 1.29 is 26.5 Å². The van der Waals surface area contributed by atoms with Crippen molar-refractivity contribution in [2.45, 2.75) is 110 Å². The maximum absolute atomic E-state index is 9.56. The van der Waals surface area contributed by atoms with E-state index in [1.165, 1.54) is 94.6 Å². The SMILES string of the molecule is CCCCCCCC[N+](C)(C)CCCCCCCC.O=CCCCC=O.[Cl-]. The van der Waals surface area contributed by atoms with E-state index in [0.29, 0.717) is 19.3 Å². The lowest BCUT2D eigenvalue weighted by Gasteiger charge is -2.30. The summed E-state index contributed by atoms with van der Waals surface area (Å²) in [6.07, 6.45) is 20.5. The average Bonchev–Trinajstić information content (AvgIpc) is 2.62. The highest BCUT2D eigenvalue weighted by atomic mass is 35.5. The first-order valence-corrected chi connectivity index (χ1v) is 11.2. The van der Waals surface area contributed by atoms with Crippen molar-refractivity contribution in [1.29, 1.82) is 0 Å². The van der Waals surface area contributed by atoms with Crippen molar-refractivity contribution in [3.05, 3.63) is 0 Å². The molecule has 0 saturated carbocycles. The maximum Gasteiger partial charge on any atom is 0.120 e. The van der Waals surface area contributed by atoms with E-state index in [1.807, 2.05) is 0 Å². The number of hydrogen-bond acceptors (Lipinski definition) is 2. The van der Waals surface area contributed by atoms with Crippen molar-refractivity contribution in [1.82, 2.24) is 0 Å². The smallest absolute Gasteiger partial charge is 0.120 e. The fourth-order valence-corrected chi connectivity index (χ4v) is 3.04. The molecule has 0 heterocycles. The van der Waals surface area contributed by atoms with Crippen LogP contribution in [0.15, 0.2) is 0 Å². The summed E-state index contributed by atoms with van der Waals surface area (Å²) >= 11 is 0. The van der Waals surface area contributed by atoms with Gasteiger partial charge in [0.05, 0.1) is 27.2 Å². The second kappa shape index (κ2) is 25.6. The molecule has 0 bridgehead atoms. The average molecular weight is 406 g/mol. The number of rotatable bonds is 18. The minimum absolute atomic E-state index is 0. The summed E-state index contributed by atoms with van der Waals surface area (Å²) in [6.45, 7) is 7.34. The zero-order chi connectivity index (χ0) is 19.9. The first kappa shape index (κ1) is 31.3. The lowest BCUT2D eigenvalue weighted by atomic mass is 10.1. The number of quaternary nitrogens is 1. The summed E-state index contributed by atoms with van der Waals surface area (Å²) in [5.74, 6) is 0. The van der Waals surface area contributed by atoms with Crippen molar-refractivity contribution in [2.24, 2.45) is 0 Å². The Balaban J connectivity index is -0.000000612. The third-order valence-electron chi connectivity index (χ3n) is 4.88. The Morgan fingerprint density at radius 3 is 1.22 bits per heavy atom. The van der Waals surface area contributed by atoms with E-state index in [0.717, 1.165) is 12.6 Å². The molecule has 0 aliphatic rings. The van der Waals surface area contributed by atoms with Gasteiger partial charge in [-0.25, -0.2) is 0 Å². The Hall–Kier alpha value is -0.410. The highest BCUT2D eigenvalue weighted by molar-refractivity contribution is 5.52. The fraction of sp³-hybridized carbons (Fsp3) is 0.913. The van der Waals surface area contributed by atoms with Gasteiger partial charge in [-0.3, -0.25) is 0 Å². The highest BCUT2D eigenvalue weighted by Crippen LogP contribution is 2.11. The van der Waals surface area contributed by atoms with Crippen LogP contribution in [0.2, 0.25) is 0 Å². The molecule has 0 fully saturated rings. The molecule has 0 aromatic carbocycles. The molecule has 0 atom stereocenters. The molecule has 27 heavy (non-hydrogen) atoms. The van der Waals surface area contributed by atoms with Crippen molar-refractivity contribution in [3.63, 3.8) is 0 Å². The molecule has 164 valence electrons. The van der Waals surface area contributed by atoms with Crippen LogP contribution in [-0.2, 0) is 9.59 Å². The summed E-state index contributed by atoms with van der Waals surface area (Å²) in [6, 6.07) is 0. The first-order chi connectivity index (χ1) is 12.5. The van der Waals surface area contributed by atoms with Gasteiger partial charge in [-0.05, 0) is 32.1 Å². The number of carbonyl (C=O) groups excluding carboxylic acids is 2. The third kappa shape index (κ3) is 30.6. The number of unbranched alkanes of at least 4 members (excludes halogenated alkanes) is 12. The van der Waals surface area contributed by atoms with Gasteiger partial charge in [0.1, 0.15) is 12.6 Å². The first-order valence-electron chi connectivity index (χ1n) is 11.2. The van der Waals surface area contributed by atoms with E-state index in [-0.39, 0.29) is 12.4 Å². The van der Waals surface area contributed by atoms with Crippen LogP contribution in [-0.4, -0.2) is 44.2 Å². The van der Waals surface area contributed by atoms with Crippen molar-refractivity contribution in [2.75, 3.05) is 27.2 Å². The number of halogens is 1. The molecule has 0 spiro atoms. The lowest BCUT2D eigenvalue weighted by Crippen LogP contribution is -3.00. The second-order valence-corrected chi connectivity index (χ2v) is 8.18. The van der Waals surface area contributed by atoms with Crippen molar-refractivity contribution >= 4 is 12.6 Å². The third-order valence-corrected chi connectivity index (χ3v) is 4.88. The molecule has 0 unspecified atom stereocenters. The Morgan fingerprint density at radius 1 is 0.556 bits per heavy atom. The fourth-order valence-electron chi connectivity index (χ4n) is 3.04. The molecular formula is C23H48ClNO2. The van der Waals surface area contributed by atoms with Crippen LogP contribution >= 0.6 is 0 Å². The molecule has 3 nitrogen and oxygen atoms in total. The molecule has 0 aromatic heterocycles.